The molecular weight excluding hydrogens is 492 g/mol. The molecule has 4 rings (SSSR count). The van der Waals surface area contributed by atoms with Gasteiger partial charge in [0.25, 0.3) is 5.91 Å². The van der Waals surface area contributed by atoms with Crippen LogP contribution in [0.1, 0.15) is 53.8 Å². The van der Waals surface area contributed by atoms with Crippen molar-refractivity contribution in [3.63, 3.8) is 0 Å². The van der Waals surface area contributed by atoms with Crippen LogP contribution in [0.3, 0.4) is 0 Å². The van der Waals surface area contributed by atoms with E-state index in [1.54, 1.807) is 26.2 Å². The van der Waals surface area contributed by atoms with E-state index < -0.39 is 0 Å². The maximum Gasteiger partial charge on any atom is 0.275 e. The molecule has 0 bridgehead atoms. The Hall–Kier alpha value is -3.36. The summed E-state index contributed by atoms with van der Waals surface area (Å²) in [6, 6.07) is 14.8. The summed E-state index contributed by atoms with van der Waals surface area (Å²) in [5.74, 6) is 1.81. The molecule has 1 amide bonds. The molecule has 0 N–H and O–H groups in total. The van der Waals surface area contributed by atoms with Crippen LogP contribution in [-0.4, -0.2) is 79.6 Å². The van der Waals surface area contributed by atoms with Crippen molar-refractivity contribution in [1.82, 2.24) is 19.7 Å². The third-order valence-electron chi connectivity index (χ3n) is 7.35. The Bertz CT molecular complexity index is 1220. The Morgan fingerprint density at radius 2 is 1.54 bits per heavy atom. The fourth-order valence-electron chi connectivity index (χ4n) is 4.78. The van der Waals surface area contributed by atoms with Gasteiger partial charge in [-0.15, -0.1) is 0 Å². The zero-order chi connectivity index (χ0) is 28.0. The number of carbonyl (C=O) groups excluding carboxylic acids is 1. The van der Waals surface area contributed by atoms with E-state index in [1.165, 1.54) is 17.4 Å². The molecule has 0 unspecified atom stereocenters. The molecule has 0 radical (unpaired) electrons. The van der Waals surface area contributed by atoms with Crippen LogP contribution in [0.25, 0.3) is 0 Å². The van der Waals surface area contributed by atoms with Gasteiger partial charge in [-0.05, 0) is 40.7 Å². The first-order chi connectivity index (χ1) is 18.7. The summed E-state index contributed by atoms with van der Waals surface area (Å²) in [4.78, 5) is 23.9. The Morgan fingerprint density at radius 3 is 2.15 bits per heavy atom. The van der Waals surface area contributed by atoms with Gasteiger partial charge in [-0.3, -0.25) is 14.6 Å². The molecule has 39 heavy (non-hydrogen) atoms. The third kappa shape index (κ3) is 7.61. The van der Waals surface area contributed by atoms with Crippen LogP contribution in [0.5, 0.6) is 11.5 Å². The summed E-state index contributed by atoms with van der Waals surface area (Å²) < 4.78 is 16.3. The monoisotopic (exact) mass is 534 g/mol. The highest BCUT2D eigenvalue weighted by molar-refractivity contribution is 5.91. The molecule has 0 atom stereocenters. The van der Waals surface area contributed by atoms with Gasteiger partial charge in [0.05, 0.1) is 20.8 Å². The van der Waals surface area contributed by atoms with E-state index in [9.17, 15) is 4.79 Å². The number of hydrogen-bond donors (Lipinski definition) is 0. The quantitative estimate of drug-likeness (QED) is 0.376. The number of rotatable bonds is 10. The highest BCUT2D eigenvalue weighted by Gasteiger charge is 2.22. The Morgan fingerprint density at radius 1 is 0.923 bits per heavy atom. The van der Waals surface area contributed by atoms with Crippen LogP contribution in [-0.2, 0) is 24.9 Å². The van der Waals surface area contributed by atoms with Gasteiger partial charge < -0.3 is 18.8 Å². The van der Waals surface area contributed by atoms with Crippen LogP contribution >= 0.6 is 0 Å². The van der Waals surface area contributed by atoms with Crippen molar-refractivity contribution in [2.24, 2.45) is 0 Å². The van der Waals surface area contributed by atoms with Gasteiger partial charge in [-0.25, -0.2) is 4.98 Å². The lowest BCUT2D eigenvalue weighted by molar-refractivity contribution is 0.0790. The van der Waals surface area contributed by atoms with Crippen molar-refractivity contribution in [2.75, 3.05) is 54.0 Å². The molecule has 1 aromatic heterocycles. The van der Waals surface area contributed by atoms with Gasteiger partial charge in [-0.2, -0.15) is 0 Å². The molecule has 0 spiro atoms. The number of piperazine rings is 1. The summed E-state index contributed by atoms with van der Waals surface area (Å²) in [6.07, 6.45) is 2.17. The highest BCUT2D eigenvalue weighted by Crippen LogP contribution is 2.28. The Kier molecular flexibility index (Phi) is 9.30. The number of carbonyl (C=O) groups is 1. The largest absolute Gasteiger partial charge is 0.493 e. The Labute approximate surface area is 232 Å². The smallest absolute Gasteiger partial charge is 0.275 e. The van der Waals surface area contributed by atoms with Crippen LogP contribution < -0.4 is 9.47 Å². The van der Waals surface area contributed by atoms with E-state index in [0.29, 0.717) is 42.6 Å². The number of amides is 1. The van der Waals surface area contributed by atoms with Gasteiger partial charge in [0.2, 0.25) is 5.89 Å². The van der Waals surface area contributed by atoms with Crippen molar-refractivity contribution in [3.8, 4) is 11.5 Å². The standard InChI is InChI=1S/C31H42N4O4/c1-31(2,3)25-10-7-24(8-11-25)20-34-15-17-35(18-16-34)21-29-32-26(22-39-29)30(36)33(4)14-13-23-9-12-27(37-5)28(19-23)38-6/h7-12,19,22H,13-18,20-21H2,1-6H3. The zero-order valence-electron chi connectivity index (χ0n) is 24.2. The lowest BCUT2D eigenvalue weighted by atomic mass is 9.87. The molecule has 1 fully saturated rings. The molecule has 2 heterocycles. The van der Waals surface area contributed by atoms with Crippen molar-refractivity contribution in [2.45, 2.75) is 45.7 Å². The van der Waals surface area contributed by atoms with Crippen molar-refractivity contribution >= 4 is 5.91 Å². The van der Waals surface area contributed by atoms with E-state index in [4.69, 9.17) is 13.9 Å². The molecule has 1 aliphatic rings. The van der Waals surface area contributed by atoms with Crippen LogP contribution in [0.15, 0.2) is 53.1 Å². The number of aromatic nitrogens is 1. The van der Waals surface area contributed by atoms with E-state index in [-0.39, 0.29) is 11.3 Å². The molecule has 1 aliphatic heterocycles. The first kappa shape index (κ1) is 28.6. The first-order valence-corrected chi connectivity index (χ1v) is 13.6. The normalized spacial score (nSPS) is 14.8. The molecule has 8 nitrogen and oxygen atoms in total. The number of nitrogens with zero attached hydrogens (tertiary/aromatic N) is 4. The van der Waals surface area contributed by atoms with Gasteiger partial charge in [0.1, 0.15) is 6.26 Å². The van der Waals surface area contributed by atoms with Crippen molar-refractivity contribution in [1.29, 1.82) is 0 Å². The van der Waals surface area contributed by atoms with E-state index in [1.807, 2.05) is 18.2 Å². The lowest BCUT2D eigenvalue weighted by Crippen LogP contribution is -2.45. The molecule has 2 aromatic carbocycles. The van der Waals surface area contributed by atoms with Gasteiger partial charge in [-0.1, -0.05) is 51.1 Å². The van der Waals surface area contributed by atoms with Gasteiger partial charge in [0, 0.05) is 46.3 Å². The molecule has 3 aromatic rings. The van der Waals surface area contributed by atoms with Crippen LogP contribution in [0.4, 0.5) is 0 Å². The van der Waals surface area contributed by atoms with E-state index in [0.717, 1.165) is 38.3 Å². The summed E-state index contributed by atoms with van der Waals surface area (Å²) in [5, 5.41) is 0. The zero-order valence-corrected chi connectivity index (χ0v) is 24.2. The van der Waals surface area contributed by atoms with Crippen molar-refractivity contribution < 1.29 is 18.7 Å². The minimum Gasteiger partial charge on any atom is -0.493 e. The maximum atomic E-state index is 12.9. The van der Waals surface area contributed by atoms with Crippen molar-refractivity contribution in [3.05, 3.63) is 77.0 Å². The van der Waals surface area contributed by atoms with E-state index in [2.05, 4.69) is 59.8 Å². The number of ether oxygens (including phenoxy) is 2. The number of likely N-dealkylation sites (N-methyl/N-ethyl adjacent to an activating group) is 1. The maximum absolute atomic E-state index is 12.9. The lowest BCUT2D eigenvalue weighted by Gasteiger charge is -2.34. The number of oxazole rings is 1. The average Bonchev–Trinajstić information content (AvgIpc) is 3.40. The second-order valence-corrected chi connectivity index (χ2v) is 11.3. The number of benzene rings is 2. The molecule has 1 saturated heterocycles. The molecule has 0 saturated carbocycles. The molecule has 210 valence electrons. The summed E-state index contributed by atoms with van der Waals surface area (Å²) >= 11 is 0. The second kappa shape index (κ2) is 12.7. The Balaban J connectivity index is 1.22. The number of hydrogen-bond acceptors (Lipinski definition) is 7. The van der Waals surface area contributed by atoms with Gasteiger partial charge in [0.15, 0.2) is 17.2 Å². The topological polar surface area (TPSA) is 71.3 Å². The molecular formula is C31H42N4O4. The second-order valence-electron chi connectivity index (χ2n) is 11.3. The van der Waals surface area contributed by atoms with Crippen LogP contribution in [0, 0.1) is 0 Å². The molecule has 8 heteroatoms. The predicted molar refractivity (Wildman–Crippen MR) is 152 cm³/mol. The minimum absolute atomic E-state index is 0.146. The highest BCUT2D eigenvalue weighted by atomic mass is 16.5. The first-order valence-electron chi connectivity index (χ1n) is 13.6. The fraction of sp³-hybridized carbons (Fsp3) is 0.484. The average molecular weight is 535 g/mol. The van der Waals surface area contributed by atoms with E-state index >= 15 is 0 Å². The fourth-order valence-corrected chi connectivity index (χ4v) is 4.78. The SMILES string of the molecule is COc1ccc(CCN(C)C(=O)c2coc(CN3CCN(Cc4ccc(C(C)(C)C)cc4)CC3)n2)cc1OC. The number of methoxy groups -OCH3 is 2. The minimum atomic E-state index is -0.146. The summed E-state index contributed by atoms with van der Waals surface area (Å²) in [6.45, 7) is 12.7. The summed E-state index contributed by atoms with van der Waals surface area (Å²) in [7, 11) is 5.02. The third-order valence-corrected chi connectivity index (χ3v) is 7.35. The predicted octanol–water partition coefficient (Wildman–Crippen LogP) is 4.62. The summed E-state index contributed by atoms with van der Waals surface area (Å²) in [5.41, 5.74) is 4.30. The molecule has 0 aliphatic carbocycles. The van der Waals surface area contributed by atoms with Gasteiger partial charge >= 0.3 is 0 Å². The van der Waals surface area contributed by atoms with Crippen LogP contribution in [0.2, 0.25) is 0 Å².